The van der Waals surface area contributed by atoms with E-state index in [2.05, 4.69) is 90.0 Å². The molecule has 0 aromatic heterocycles. The minimum atomic E-state index is -1.92. The summed E-state index contributed by atoms with van der Waals surface area (Å²) in [6, 6.07) is 0. The number of hydrogen-bond donors (Lipinski definition) is 3. The van der Waals surface area contributed by atoms with Crippen molar-refractivity contribution in [2.45, 2.75) is 718 Å². The Morgan fingerprint density at radius 1 is 0.247 bits per heavy atom. The Kier molecular flexibility index (Phi) is 93.1. The van der Waals surface area contributed by atoms with E-state index in [0.717, 1.165) is 103 Å². The maximum Gasteiger partial charge on any atom is 0.333 e. The van der Waals surface area contributed by atoms with Crippen LogP contribution in [-0.2, 0) is 61.9 Å². The number of ether oxygens (including phenoxy) is 8. The minimum Gasteiger partial charge on any atom is -0.459 e. The van der Waals surface area contributed by atoms with Crippen molar-refractivity contribution >= 4 is 29.8 Å². The molecule has 2 saturated heterocycles. The second-order valence-corrected chi connectivity index (χ2v) is 48.9. The van der Waals surface area contributed by atoms with Crippen LogP contribution in [0.1, 0.15) is 657 Å². The molecule has 880 valence electrons. The number of aliphatic hydroxyl groups is 3. The van der Waals surface area contributed by atoms with Gasteiger partial charge in [0.2, 0.25) is 12.6 Å². The van der Waals surface area contributed by atoms with Crippen LogP contribution in [-0.4, -0.2) is 120 Å². The largest absolute Gasteiger partial charge is 0.459 e. The van der Waals surface area contributed by atoms with Gasteiger partial charge in [-0.2, -0.15) is 0 Å². The molecule has 18 atom stereocenters. The van der Waals surface area contributed by atoms with Crippen LogP contribution in [0.25, 0.3) is 0 Å². The summed E-state index contributed by atoms with van der Waals surface area (Å²) in [6.07, 6.45) is 93.7. The van der Waals surface area contributed by atoms with Gasteiger partial charge in [-0.25, -0.2) is 19.2 Å². The summed E-state index contributed by atoms with van der Waals surface area (Å²) >= 11 is 0. The van der Waals surface area contributed by atoms with Crippen molar-refractivity contribution in [3.63, 3.8) is 0 Å². The molecule has 0 aromatic carbocycles. The summed E-state index contributed by atoms with van der Waals surface area (Å²) < 4.78 is 52.3. The smallest absolute Gasteiger partial charge is 0.333 e. The molecule has 2 aliphatic rings. The molecule has 4 unspecified atom stereocenters. The number of carbonyl (C=O) groups is 5. The highest BCUT2D eigenvalue weighted by atomic mass is 16.8. The van der Waals surface area contributed by atoms with E-state index in [-0.39, 0.29) is 41.2 Å². The van der Waals surface area contributed by atoms with Crippen LogP contribution in [0.15, 0.2) is 46.6 Å². The van der Waals surface area contributed by atoms with E-state index >= 15 is 9.59 Å². The number of rotatable bonds is 105. The molecule has 0 saturated carbocycles. The minimum absolute atomic E-state index is 0.00158. The average molecular weight is 2120 g/mol. The Balaban J connectivity index is 2.71. The molecule has 0 amide bonds. The SMILES string of the molecule is CCCCCCCCCCCCCCCCCC[C@H](C)C[C@H](C)/C=C(\C)C(=O)OC1[C@H](O)C(COC(=O)/C(C)=C/[C@@H](C)C[C@@H](C)CCCCCCCCCCCCCCCC)O[C@H](O[C@H]2OC(CO)[C@@H](OC(=O)/C(C)=C/[C@@H](C)C[C@@H](C)CCCCCCCCCCCCCCCC)C(O)[C@@H]2OC(=O)/C(C)=C/[C@@H](C)C[C@@H](C)CCCCCCCCCCCCCCCCCC)[C@@H]1OC(=O)CCCCCCCCCCCCCCCCC. The van der Waals surface area contributed by atoms with Crippen LogP contribution < -0.4 is 0 Å². The maximum absolute atomic E-state index is 15.1. The van der Waals surface area contributed by atoms with Crippen molar-refractivity contribution in [2.75, 3.05) is 13.2 Å². The summed E-state index contributed by atoms with van der Waals surface area (Å²) in [5.41, 5.74) is 1.18. The quantitative estimate of drug-likeness (QED) is 0.0223. The lowest BCUT2D eigenvalue weighted by Crippen LogP contribution is -2.66. The van der Waals surface area contributed by atoms with Crippen molar-refractivity contribution in [1.82, 2.24) is 0 Å². The van der Waals surface area contributed by atoms with Gasteiger partial charge in [0, 0.05) is 28.7 Å². The zero-order valence-corrected chi connectivity index (χ0v) is 102. The first-order valence-electron chi connectivity index (χ1n) is 65.4. The van der Waals surface area contributed by atoms with Gasteiger partial charge >= 0.3 is 29.8 Å². The van der Waals surface area contributed by atoms with Crippen LogP contribution in [0.4, 0.5) is 0 Å². The molecule has 2 fully saturated rings. The van der Waals surface area contributed by atoms with E-state index in [4.69, 9.17) is 37.9 Å². The molecular weight excluding hydrogens is 1870 g/mol. The fourth-order valence-corrected chi connectivity index (χ4v) is 23.4. The number of unbranched alkanes of at least 4 members (excludes halogenated alkanes) is 70. The molecule has 3 N–H and O–H groups in total. The molecule has 0 spiro atoms. The summed E-state index contributed by atoms with van der Waals surface area (Å²) in [5, 5.41) is 37.6. The van der Waals surface area contributed by atoms with E-state index in [9.17, 15) is 29.7 Å². The third kappa shape index (κ3) is 76.7. The highest BCUT2D eigenvalue weighted by Crippen LogP contribution is 2.38. The molecule has 2 heterocycles. The van der Waals surface area contributed by atoms with Gasteiger partial charge in [0.05, 0.1) is 6.61 Å². The van der Waals surface area contributed by atoms with Crippen LogP contribution in [0.5, 0.6) is 0 Å². The molecule has 0 aromatic rings. The Labute approximate surface area is 927 Å². The fourth-order valence-electron chi connectivity index (χ4n) is 23.4. The predicted octanol–water partition coefficient (Wildman–Crippen LogP) is 39.1. The highest BCUT2D eigenvalue weighted by molar-refractivity contribution is 5.89. The van der Waals surface area contributed by atoms with Crippen molar-refractivity contribution in [1.29, 1.82) is 0 Å². The Hall–Kier alpha value is -3.93. The van der Waals surface area contributed by atoms with Crippen LogP contribution >= 0.6 is 0 Å². The zero-order valence-electron chi connectivity index (χ0n) is 102. The number of allylic oxidation sites excluding steroid dienone is 4. The van der Waals surface area contributed by atoms with Gasteiger partial charge in [-0.3, -0.25) is 4.79 Å². The lowest BCUT2D eigenvalue weighted by atomic mass is 9.91. The summed E-state index contributed by atoms with van der Waals surface area (Å²) in [7, 11) is 0. The standard InChI is InChI=1S/C134H248O16/c1-18-23-28-33-38-43-48-53-58-61-65-70-75-80-85-90-95-110(8)100-114(12)104-118(16)131(141)148-126-123(137)121(107-143-129(139)116(14)102-112(10)98-108(6)93-88-83-78-73-68-63-56-51-46-41-36-31-26-21-4)145-134(128(126)146-122(136)97-92-87-82-77-72-67-60-55-50-45-40-35-30-25-20-3)150-133-127(149-132(142)119(17)105-115(13)101-111(9)96-91-86-81-76-71-66-62-59-54-49-44-39-34-29-24-19-2)124(138)125(120(106-135)144-133)147-130(140)117(15)103-113(11)99-109(7)94-89-84-79-74-69-64-57-52-47-42-37-32-27-22-5/h102-105,108-115,120-121,123-128,133-135,137-138H,18-101,106-107H2,1-17H3/b116-102+,117-103+,118-104+,119-105+/t108-,109-,110-,111-,112-,113-,114-,115-,120?,121?,123+,124?,125+,126?,127-,128+,133+,134+/m0/s1. The number of hydrogen-bond acceptors (Lipinski definition) is 16. The van der Waals surface area contributed by atoms with E-state index in [1.165, 1.54) is 424 Å². The van der Waals surface area contributed by atoms with Gasteiger partial charge in [0.15, 0.2) is 24.4 Å². The second-order valence-electron chi connectivity index (χ2n) is 48.9. The van der Waals surface area contributed by atoms with Gasteiger partial charge in [0.25, 0.3) is 0 Å². The Morgan fingerprint density at radius 2 is 0.453 bits per heavy atom. The lowest BCUT2D eigenvalue weighted by Gasteiger charge is -2.47. The van der Waals surface area contributed by atoms with Crippen LogP contribution in [0.3, 0.4) is 0 Å². The summed E-state index contributed by atoms with van der Waals surface area (Å²) in [6.45, 7) is 34.2. The summed E-state index contributed by atoms with van der Waals surface area (Å²) in [5.74, 6) is -2.16. The first-order valence-corrected chi connectivity index (χ1v) is 65.4. The highest BCUT2D eigenvalue weighted by Gasteiger charge is 2.56. The van der Waals surface area contributed by atoms with Gasteiger partial charge in [-0.1, -0.05) is 615 Å². The fraction of sp³-hybridized carbons (Fsp3) is 0.903. The zero-order chi connectivity index (χ0) is 110. The van der Waals surface area contributed by atoms with E-state index in [1.54, 1.807) is 27.7 Å². The predicted molar refractivity (Wildman–Crippen MR) is 633 cm³/mol. The van der Waals surface area contributed by atoms with Crippen molar-refractivity contribution in [2.24, 2.45) is 47.3 Å². The molecule has 2 aliphatic heterocycles. The molecule has 0 radical (unpaired) electrons. The second kappa shape index (κ2) is 98.2. The Bertz CT molecular complexity index is 3270. The molecule has 0 aliphatic carbocycles. The van der Waals surface area contributed by atoms with Gasteiger partial charge < -0.3 is 53.2 Å². The number of esters is 5. The van der Waals surface area contributed by atoms with Crippen molar-refractivity contribution in [3.8, 4) is 0 Å². The van der Waals surface area contributed by atoms with Crippen molar-refractivity contribution < 1.29 is 77.2 Å². The van der Waals surface area contributed by atoms with Crippen LogP contribution in [0, 0.1) is 47.3 Å². The van der Waals surface area contributed by atoms with E-state index in [1.807, 2.05) is 24.3 Å². The van der Waals surface area contributed by atoms with Gasteiger partial charge in [-0.05, 0) is 107 Å². The van der Waals surface area contributed by atoms with Crippen molar-refractivity contribution in [3.05, 3.63) is 46.6 Å². The lowest BCUT2D eigenvalue weighted by molar-refractivity contribution is -0.377. The van der Waals surface area contributed by atoms with Gasteiger partial charge in [-0.15, -0.1) is 0 Å². The van der Waals surface area contributed by atoms with E-state index < -0.39 is 104 Å². The monoisotopic (exact) mass is 2110 g/mol. The van der Waals surface area contributed by atoms with Crippen LogP contribution in [0.2, 0.25) is 0 Å². The maximum atomic E-state index is 15.1. The number of aliphatic hydroxyl groups excluding tert-OH is 3. The third-order valence-electron chi connectivity index (χ3n) is 32.8. The third-order valence-corrected chi connectivity index (χ3v) is 32.8. The normalized spacial score (nSPS) is 20.1. The topological polar surface area (TPSA) is 220 Å². The molecule has 16 nitrogen and oxygen atoms in total. The molecule has 150 heavy (non-hydrogen) atoms. The summed E-state index contributed by atoms with van der Waals surface area (Å²) in [4.78, 5) is 74.2. The first-order chi connectivity index (χ1) is 72.7. The number of carbonyl (C=O) groups excluding carboxylic acids is 5. The Morgan fingerprint density at radius 3 is 0.700 bits per heavy atom. The molecule has 2 rings (SSSR count). The first kappa shape index (κ1) is 142. The molecule has 16 heteroatoms. The van der Waals surface area contributed by atoms with E-state index in [0.29, 0.717) is 41.2 Å². The van der Waals surface area contributed by atoms with Gasteiger partial charge in [0.1, 0.15) is 31.0 Å². The molecular formula is C134H248O16. The average Bonchev–Trinajstić information content (AvgIpc) is 0.768. The molecule has 0 bridgehead atoms.